The maximum Gasteiger partial charge on any atom is 0.329 e. The summed E-state index contributed by atoms with van der Waals surface area (Å²) in [6.45, 7) is 4.24. The fourth-order valence-corrected chi connectivity index (χ4v) is 2.56. The molecular weight excluding hydrogens is 268 g/mol. The van der Waals surface area contributed by atoms with E-state index in [1.54, 1.807) is 6.08 Å². The molecule has 110 valence electrons. The molecule has 0 radical (unpaired) electrons. The number of anilines is 1. The molecule has 0 bridgehead atoms. The summed E-state index contributed by atoms with van der Waals surface area (Å²) >= 11 is 0. The number of para-hydroxylation sites is 1. The Hall–Kier alpha value is -2.63. The van der Waals surface area contributed by atoms with E-state index in [0.717, 1.165) is 11.4 Å². The van der Waals surface area contributed by atoms with E-state index in [9.17, 15) is 9.59 Å². The summed E-state index contributed by atoms with van der Waals surface area (Å²) in [5.41, 5.74) is 10.1. The minimum Gasteiger partial charge on any atom is -0.361 e. The van der Waals surface area contributed by atoms with Crippen LogP contribution >= 0.6 is 0 Å². The largest absolute Gasteiger partial charge is 0.361 e. The number of benzene rings is 1. The van der Waals surface area contributed by atoms with Gasteiger partial charge in [0.25, 0.3) is 0 Å². The van der Waals surface area contributed by atoms with Crippen molar-refractivity contribution in [3.63, 3.8) is 0 Å². The summed E-state index contributed by atoms with van der Waals surface area (Å²) in [6.07, 6.45) is 3.25. The van der Waals surface area contributed by atoms with Crippen LogP contribution in [0.5, 0.6) is 0 Å². The summed E-state index contributed by atoms with van der Waals surface area (Å²) < 4.78 is 0. The van der Waals surface area contributed by atoms with E-state index < -0.39 is 11.8 Å². The molecule has 0 aromatic heterocycles. The fourth-order valence-electron chi connectivity index (χ4n) is 2.56. The normalized spacial score (nSPS) is 18.0. The number of hydrogen-bond acceptors (Lipinski definition) is 4. The number of likely N-dealkylation sites (N-methyl/N-ethyl adjacent to an activating group) is 1. The maximum absolute atomic E-state index is 11.0. The third kappa shape index (κ3) is 2.65. The first-order valence-electron chi connectivity index (χ1n) is 6.52. The number of hydrazone groups is 1. The first kappa shape index (κ1) is 14.8. The molecule has 0 atom stereocenters. The third-order valence-corrected chi connectivity index (χ3v) is 3.64. The molecule has 1 aliphatic rings. The summed E-state index contributed by atoms with van der Waals surface area (Å²) in [6, 6.07) is 8.16. The van der Waals surface area contributed by atoms with Crippen molar-refractivity contribution < 1.29 is 9.59 Å². The zero-order chi connectivity index (χ0) is 15.6. The molecule has 6 heteroatoms. The number of rotatable bonds is 2. The molecule has 0 fully saturated rings. The summed E-state index contributed by atoms with van der Waals surface area (Å²) in [5.74, 6) is -2.00. The van der Waals surface area contributed by atoms with E-state index in [1.807, 2.05) is 19.2 Å². The van der Waals surface area contributed by atoms with Crippen LogP contribution in [0.4, 0.5) is 5.69 Å². The van der Waals surface area contributed by atoms with E-state index in [0.29, 0.717) is 0 Å². The van der Waals surface area contributed by atoms with Crippen LogP contribution in [-0.4, -0.2) is 25.1 Å². The zero-order valence-electron chi connectivity index (χ0n) is 12.3. The highest BCUT2D eigenvalue weighted by atomic mass is 16.2. The average molecular weight is 286 g/mol. The Morgan fingerprint density at radius 2 is 2.00 bits per heavy atom. The molecule has 2 amide bonds. The lowest BCUT2D eigenvalue weighted by Crippen LogP contribution is -2.32. The number of hydrogen-bond donors (Lipinski definition) is 2. The summed E-state index contributed by atoms with van der Waals surface area (Å²) in [5, 5.41) is 3.69. The quantitative estimate of drug-likeness (QED) is 0.481. The Labute approximate surface area is 123 Å². The number of carbonyl (C=O) groups excluding carboxylic acids is 2. The molecule has 21 heavy (non-hydrogen) atoms. The van der Waals surface area contributed by atoms with E-state index in [4.69, 9.17) is 5.73 Å². The molecule has 1 aromatic carbocycles. The van der Waals surface area contributed by atoms with Crippen molar-refractivity contribution in [2.45, 2.75) is 19.3 Å². The maximum atomic E-state index is 11.0. The van der Waals surface area contributed by atoms with Crippen LogP contribution in [0.25, 0.3) is 0 Å². The predicted molar refractivity (Wildman–Crippen MR) is 81.8 cm³/mol. The number of nitrogens with zero attached hydrogens (tertiary/aromatic N) is 2. The van der Waals surface area contributed by atoms with Crippen LogP contribution in [0.2, 0.25) is 0 Å². The minimum absolute atomic E-state index is 0.162. The average Bonchev–Trinajstić information content (AvgIpc) is 2.64. The first-order chi connectivity index (χ1) is 9.85. The number of nitrogens with one attached hydrogen (secondary N) is 1. The van der Waals surface area contributed by atoms with Crippen LogP contribution in [0.3, 0.4) is 0 Å². The van der Waals surface area contributed by atoms with Crippen molar-refractivity contribution in [1.29, 1.82) is 0 Å². The lowest BCUT2D eigenvalue weighted by Gasteiger charge is -2.23. The van der Waals surface area contributed by atoms with Gasteiger partial charge in [0, 0.05) is 30.1 Å². The molecule has 2 rings (SSSR count). The van der Waals surface area contributed by atoms with Crippen LogP contribution in [-0.2, 0) is 15.0 Å². The van der Waals surface area contributed by atoms with Gasteiger partial charge < -0.3 is 10.6 Å². The highest BCUT2D eigenvalue weighted by molar-refractivity contribution is 6.34. The number of primary amides is 1. The number of nitrogens with two attached hydrogens (primary N) is 1. The van der Waals surface area contributed by atoms with E-state index >= 15 is 0 Å². The number of carbonyl (C=O) groups is 2. The van der Waals surface area contributed by atoms with E-state index in [-0.39, 0.29) is 5.41 Å². The Morgan fingerprint density at radius 1 is 1.33 bits per heavy atom. The van der Waals surface area contributed by atoms with Crippen LogP contribution < -0.4 is 16.1 Å². The summed E-state index contributed by atoms with van der Waals surface area (Å²) in [4.78, 5) is 23.6. The second-order valence-corrected chi connectivity index (χ2v) is 5.34. The van der Waals surface area contributed by atoms with Crippen LogP contribution in [0.1, 0.15) is 19.4 Å². The van der Waals surface area contributed by atoms with Gasteiger partial charge in [-0.2, -0.15) is 5.10 Å². The van der Waals surface area contributed by atoms with E-state index in [1.165, 1.54) is 11.8 Å². The fraction of sp³-hybridized carbons (Fsp3) is 0.267. The number of amides is 2. The lowest BCUT2D eigenvalue weighted by molar-refractivity contribution is -0.137. The predicted octanol–water partition coefficient (Wildman–Crippen LogP) is 0.885. The monoisotopic (exact) mass is 286 g/mol. The first-order valence-corrected chi connectivity index (χ1v) is 6.52. The van der Waals surface area contributed by atoms with Gasteiger partial charge in [-0.25, -0.2) is 5.43 Å². The highest BCUT2D eigenvalue weighted by Gasteiger charge is 2.37. The standard InChI is InChI=1S/C15H18N4O2/c1-15(2)10-6-4-5-7-11(10)19(3)12(15)8-9-17-18-14(21)13(16)20/h4-9H,1-3H3,(H2,16,20)(H,18,21)/b12-8+,17-9+. The molecule has 6 nitrogen and oxygen atoms in total. The van der Waals surface area contributed by atoms with Crippen molar-refractivity contribution in [2.75, 3.05) is 11.9 Å². The Balaban J connectivity index is 2.22. The molecule has 1 aliphatic heterocycles. The molecule has 0 saturated carbocycles. The smallest absolute Gasteiger partial charge is 0.329 e. The SMILES string of the molecule is CN1/C(=C/C=N/NC(=O)C(N)=O)C(C)(C)c2ccccc21. The second kappa shape index (κ2) is 5.40. The van der Waals surface area contributed by atoms with Gasteiger partial charge in [-0.05, 0) is 17.7 Å². The zero-order valence-corrected chi connectivity index (χ0v) is 12.3. The highest BCUT2D eigenvalue weighted by Crippen LogP contribution is 2.46. The Kier molecular flexibility index (Phi) is 3.80. The van der Waals surface area contributed by atoms with Gasteiger partial charge in [-0.15, -0.1) is 0 Å². The van der Waals surface area contributed by atoms with Crippen molar-refractivity contribution in [3.05, 3.63) is 41.6 Å². The lowest BCUT2D eigenvalue weighted by atomic mass is 9.84. The van der Waals surface area contributed by atoms with Crippen molar-refractivity contribution in [2.24, 2.45) is 10.8 Å². The topological polar surface area (TPSA) is 87.8 Å². The molecule has 1 heterocycles. The molecule has 0 spiro atoms. The van der Waals surface area contributed by atoms with Crippen molar-refractivity contribution >= 4 is 23.7 Å². The van der Waals surface area contributed by atoms with Gasteiger partial charge in [0.1, 0.15) is 0 Å². The molecule has 0 unspecified atom stereocenters. The van der Waals surface area contributed by atoms with Crippen molar-refractivity contribution in [1.82, 2.24) is 5.43 Å². The minimum atomic E-state index is -1.06. The Bertz CT molecular complexity index is 647. The van der Waals surface area contributed by atoms with Crippen molar-refractivity contribution in [3.8, 4) is 0 Å². The summed E-state index contributed by atoms with van der Waals surface area (Å²) in [7, 11) is 1.98. The van der Waals surface area contributed by atoms with Gasteiger partial charge >= 0.3 is 11.8 Å². The van der Waals surface area contributed by atoms with Gasteiger partial charge in [-0.1, -0.05) is 32.0 Å². The number of fused-ring (bicyclic) bond motifs is 1. The number of allylic oxidation sites excluding steroid dienone is 2. The Morgan fingerprint density at radius 3 is 2.62 bits per heavy atom. The van der Waals surface area contributed by atoms with Gasteiger partial charge in [-0.3, -0.25) is 9.59 Å². The van der Waals surface area contributed by atoms with Crippen LogP contribution in [0, 0.1) is 0 Å². The molecule has 0 saturated heterocycles. The molecule has 3 N–H and O–H groups in total. The van der Waals surface area contributed by atoms with Gasteiger partial charge in [0.15, 0.2) is 0 Å². The molecular formula is C15H18N4O2. The molecule has 1 aromatic rings. The van der Waals surface area contributed by atoms with Gasteiger partial charge in [0.2, 0.25) is 0 Å². The van der Waals surface area contributed by atoms with Gasteiger partial charge in [0.05, 0.1) is 0 Å². The second-order valence-electron chi connectivity index (χ2n) is 5.34. The molecule has 0 aliphatic carbocycles. The van der Waals surface area contributed by atoms with Crippen LogP contribution in [0.15, 0.2) is 41.1 Å². The van der Waals surface area contributed by atoms with E-state index in [2.05, 4.69) is 41.4 Å². The third-order valence-electron chi connectivity index (χ3n) is 3.64.